The maximum Gasteiger partial charge on any atom is 0.248 e. The number of anilines is 1. The van der Waals surface area contributed by atoms with Crippen LogP contribution in [0.1, 0.15) is 22.3 Å². The minimum absolute atomic E-state index is 0.321. The summed E-state index contributed by atoms with van der Waals surface area (Å²) in [5.74, 6) is -0.209. The Bertz CT molecular complexity index is 995. The van der Waals surface area contributed by atoms with Gasteiger partial charge in [0.2, 0.25) is 5.91 Å². The highest BCUT2D eigenvalue weighted by Crippen LogP contribution is 2.21. The molecule has 27 heavy (non-hydrogen) atoms. The Kier molecular flexibility index (Phi) is 5.26. The van der Waals surface area contributed by atoms with Gasteiger partial charge in [-0.2, -0.15) is 10.4 Å². The van der Waals surface area contributed by atoms with Crippen molar-refractivity contribution in [3.8, 4) is 6.07 Å². The van der Waals surface area contributed by atoms with Gasteiger partial charge in [0.05, 0.1) is 12.7 Å². The number of carbonyl (C=O) groups excluding carboxylic acids is 1. The summed E-state index contributed by atoms with van der Waals surface area (Å²) < 4.78 is 26.9. The van der Waals surface area contributed by atoms with Gasteiger partial charge in [0.15, 0.2) is 5.65 Å². The van der Waals surface area contributed by atoms with Crippen molar-refractivity contribution in [2.75, 3.05) is 18.0 Å². The summed E-state index contributed by atoms with van der Waals surface area (Å²) in [6, 6.07) is 8.91. The maximum absolute atomic E-state index is 13.1. The number of halogens is 2. The Hall–Kier alpha value is -3.54. The summed E-state index contributed by atoms with van der Waals surface area (Å²) in [5, 5.41) is 12.9. The van der Waals surface area contributed by atoms with Crippen molar-refractivity contribution >= 4 is 17.4 Å². The molecule has 1 fully saturated rings. The largest absolute Gasteiger partial charge is 0.366 e. The number of fused-ring (bicyclic) bond motifs is 1. The lowest BCUT2D eigenvalue weighted by Crippen LogP contribution is -2.21. The number of primary amides is 1. The molecule has 4 rings (SSSR count). The molecule has 2 N–H and O–H groups in total. The van der Waals surface area contributed by atoms with Gasteiger partial charge in [0, 0.05) is 18.3 Å². The third kappa shape index (κ3) is 4.17. The van der Waals surface area contributed by atoms with Crippen LogP contribution in [0.2, 0.25) is 0 Å². The van der Waals surface area contributed by atoms with E-state index in [2.05, 4.69) is 10.1 Å². The maximum atomic E-state index is 13.1. The fourth-order valence-electron chi connectivity index (χ4n) is 2.65. The van der Waals surface area contributed by atoms with Crippen LogP contribution in [0.3, 0.4) is 0 Å². The lowest BCUT2D eigenvalue weighted by molar-refractivity contribution is 0.1000. The smallest absolute Gasteiger partial charge is 0.248 e. The fourth-order valence-corrected chi connectivity index (χ4v) is 2.65. The van der Waals surface area contributed by atoms with Gasteiger partial charge in [-0.25, -0.2) is 18.3 Å². The summed E-state index contributed by atoms with van der Waals surface area (Å²) in [5.41, 5.74) is 6.18. The number of rotatable bonds is 2. The highest BCUT2D eigenvalue weighted by atomic mass is 19.1. The summed E-state index contributed by atoms with van der Waals surface area (Å²) in [6.45, 7) is 1.04. The molecular weight excluding hydrogens is 354 g/mol. The molecule has 0 spiro atoms. The molecule has 1 aromatic carbocycles. The minimum Gasteiger partial charge on any atom is -0.366 e. The lowest BCUT2D eigenvalue weighted by atomic mass is 10.2. The average Bonchev–Trinajstić information content (AvgIpc) is 3.28. The second-order valence-electron chi connectivity index (χ2n) is 5.93. The van der Waals surface area contributed by atoms with Crippen LogP contribution in [0.25, 0.3) is 5.65 Å². The van der Waals surface area contributed by atoms with Gasteiger partial charge in [0.1, 0.15) is 29.4 Å². The molecule has 0 aliphatic carbocycles. The third-order valence-corrected chi connectivity index (χ3v) is 4.06. The number of amides is 1. The first-order valence-corrected chi connectivity index (χ1v) is 8.17. The Morgan fingerprint density at radius 1 is 1.30 bits per heavy atom. The monoisotopic (exact) mass is 370 g/mol. The zero-order chi connectivity index (χ0) is 19.4. The SMILES string of the molecule is N#Cc1cnn2ccc(N3CCC(F)C3)nc12.NC(=O)c1ccc(F)cc1. The van der Waals surface area contributed by atoms with E-state index in [-0.39, 0.29) is 5.82 Å². The van der Waals surface area contributed by atoms with Crippen molar-refractivity contribution in [2.45, 2.75) is 12.6 Å². The van der Waals surface area contributed by atoms with E-state index in [1.165, 1.54) is 30.5 Å². The van der Waals surface area contributed by atoms with E-state index < -0.39 is 12.1 Å². The number of alkyl halides is 1. The normalized spacial score (nSPS) is 15.9. The van der Waals surface area contributed by atoms with Crippen LogP contribution >= 0.6 is 0 Å². The van der Waals surface area contributed by atoms with Crippen LogP contribution in [0.5, 0.6) is 0 Å². The van der Waals surface area contributed by atoms with Gasteiger partial charge in [-0.15, -0.1) is 0 Å². The van der Waals surface area contributed by atoms with E-state index in [9.17, 15) is 13.6 Å². The van der Waals surface area contributed by atoms with Crippen LogP contribution in [-0.4, -0.2) is 39.8 Å². The second kappa shape index (κ2) is 7.78. The van der Waals surface area contributed by atoms with E-state index in [1.54, 1.807) is 16.8 Å². The van der Waals surface area contributed by atoms with Gasteiger partial charge in [0.25, 0.3) is 0 Å². The fraction of sp³-hybridized carbons (Fsp3) is 0.222. The predicted octanol–water partition coefficient (Wildman–Crippen LogP) is 2.07. The van der Waals surface area contributed by atoms with Crippen LogP contribution in [0.15, 0.2) is 42.7 Å². The van der Waals surface area contributed by atoms with Gasteiger partial charge in [-0.1, -0.05) is 0 Å². The quantitative estimate of drug-likeness (QED) is 0.744. The first kappa shape index (κ1) is 18.3. The van der Waals surface area contributed by atoms with Crippen LogP contribution in [-0.2, 0) is 0 Å². The molecular formula is C18H16F2N6O. The number of hydrogen-bond donors (Lipinski definition) is 1. The van der Waals surface area contributed by atoms with Crippen molar-refractivity contribution in [3.63, 3.8) is 0 Å². The van der Waals surface area contributed by atoms with E-state index in [0.29, 0.717) is 42.1 Å². The van der Waals surface area contributed by atoms with E-state index in [0.717, 1.165) is 0 Å². The Morgan fingerprint density at radius 3 is 2.63 bits per heavy atom. The van der Waals surface area contributed by atoms with Crippen molar-refractivity contribution < 1.29 is 13.6 Å². The van der Waals surface area contributed by atoms with Crippen LogP contribution in [0.4, 0.5) is 14.6 Å². The molecule has 138 valence electrons. The number of aromatic nitrogens is 3. The molecule has 1 unspecified atom stereocenters. The molecule has 0 radical (unpaired) electrons. The standard InChI is InChI=1S/C11H10FN5.C7H6FNO/c12-9-1-3-16(7-9)10-2-4-17-11(15-10)8(5-13)6-14-17;8-6-3-1-5(2-4-6)7(9)10/h2,4,6,9H,1,3,7H2;1-4H,(H2,9,10). The molecule has 1 saturated heterocycles. The first-order chi connectivity index (χ1) is 13.0. The van der Waals surface area contributed by atoms with Crippen LogP contribution < -0.4 is 10.6 Å². The highest BCUT2D eigenvalue weighted by Gasteiger charge is 2.23. The summed E-state index contributed by atoms with van der Waals surface area (Å²) in [6.07, 6.45) is 2.98. The first-order valence-electron chi connectivity index (χ1n) is 8.17. The molecule has 3 heterocycles. The van der Waals surface area contributed by atoms with Crippen molar-refractivity contribution in [1.82, 2.24) is 14.6 Å². The van der Waals surface area contributed by atoms with Gasteiger partial charge in [-0.05, 0) is 36.8 Å². The lowest BCUT2D eigenvalue weighted by Gasteiger charge is -2.15. The molecule has 3 aromatic rings. The molecule has 2 aromatic heterocycles. The van der Waals surface area contributed by atoms with Gasteiger partial charge >= 0.3 is 0 Å². The minimum atomic E-state index is -0.784. The molecule has 9 heteroatoms. The Balaban J connectivity index is 0.000000180. The molecule has 1 aliphatic rings. The number of carbonyl (C=O) groups is 1. The predicted molar refractivity (Wildman–Crippen MR) is 94.3 cm³/mol. The number of nitriles is 1. The number of nitrogens with two attached hydrogens (primary N) is 1. The molecule has 0 saturated carbocycles. The Morgan fingerprint density at radius 2 is 2.04 bits per heavy atom. The summed E-state index contributed by atoms with van der Waals surface area (Å²) in [4.78, 5) is 16.7. The number of benzene rings is 1. The van der Waals surface area contributed by atoms with E-state index in [1.807, 2.05) is 11.0 Å². The van der Waals surface area contributed by atoms with Gasteiger partial charge in [-0.3, -0.25) is 4.79 Å². The summed E-state index contributed by atoms with van der Waals surface area (Å²) in [7, 11) is 0. The third-order valence-electron chi connectivity index (χ3n) is 4.06. The van der Waals surface area contributed by atoms with E-state index in [4.69, 9.17) is 11.0 Å². The number of nitrogens with zero attached hydrogens (tertiary/aromatic N) is 5. The van der Waals surface area contributed by atoms with E-state index >= 15 is 0 Å². The van der Waals surface area contributed by atoms with Crippen molar-refractivity contribution in [1.29, 1.82) is 5.26 Å². The van der Waals surface area contributed by atoms with Crippen molar-refractivity contribution in [2.24, 2.45) is 5.73 Å². The zero-order valence-electron chi connectivity index (χ0n) is 14.2. The second-order valence-corrected chi connectivity index (χ2v) is 5.93. The van der Waals surface area contributed by atoms with Crippen LogP contribution in [0, 0.1) is 17.1 Å². The topological polar surface area (TPSA) is 100 Å². The molecule has 1 amide bonds. The Labute approximate surface area is 153 Å². The van der Waals surface area contributed by atoms with Gasteiger partial charge < -0.3 is 10.6 Å². The number of hydrogen-bond acceptors (Lipinski definition) is 5. The average molecular weight is 370 g/mol. The highest BCUT2D eigenvalue weighted by molar-refractivity contribution is 5.92. The summed E-state index contributed by atoms with van der Waals surface area (Å²) >= 11 is 0. The molecule has 7 nitrogen and oxygen atoms in total. The van der Waals surface area contributed by atoms with Crippen molar-refractivity contribution in [3.05, 3.63) is 59.7 Å². The zero-order valence-corrected chi connectivity index (χ0v) is 14.2. The molecule has 0 bridgehead atoms. The molecule has 1 atom stereocenters. The molecule has 1 aliphatic heterocycles.